The number of nitrogens with one attached hydrogen (secondary N) is 1. The van der Waals surface area contributed by atoms with E-state index in [-0.39, 0.29) is 5.75 Å². The molecule has 2 rings (SSSR count). The van der Waals surface area contributed by atoms with Gasteiger partial charge in [0.2, 0.25) is 0 Å². The van der Waals surface area contributed by atoms with Gasteiger partial charge >= 0.3 is 6.36 Å². The Morgan fingerprint density at radius 3 is 2.35 bits per heavy atom. The summed E-state index contributed by atoms with van der Waals surface area (Å²) in [4.78, 5) is 0. The van der Waals surface area contributed by atoms with E-state index in [0.29, 0.717) is 6.42 Å². The van der Waals surface area contributed by atoms with Crippen LogP contribution in [0.1, 0.15) is 11.3 Å². The van der Waals surface area contributed by atoms with E-state index in [0.717, 1.165) is 11.3 Å². The zero-order chi connectivity index (χ0) is 12.3. The first kappa shape index (κ1) is 11.5. The molecule has 0 amide bonds. The SMILES string of the molecule is FC(F)(F)Oc1ccc(Cc2ccn[nH]2)cc1. The molecule has 0 aliphatic carbocycles. The van der Waals surface area contributed by atoms with E-state index in [4.69, 9.17) is 0 Å². The lowest BCUT2D eigenvalue weighted by Gasteiger charge is -2.08. The highest BCUT2D eigenvalue weighted by Crippen LogP contribution is 2.23. The van der Waals surface area contributed by atoms with Gasteiger partial charge in [0.05, 0.1) is 0 Å². The minimum absolute atomic E-state index is 0.217. The summed E-state index contributed by atoms with van der Waals surface area (Å²) >= 11 is 0. The number of H-pyrrole nitrogens is 1. The number of nitrogens with zero attached hydrogens (tertiary/aromatic N) is 1. The van der Waals surface area contributed by atoms with Gasteiger partial charge in [-0.1, -0.05) is 12.1 Å². The number of alkyl halides is 3. The zero-order valence-electron chi connectivity index (χ0n) is 8.66. The Labute approximate surface area is 95.2 Å². The second-order valence-corrected chi connectivity index (χ2v) is 3.45. The van der Waals surface area contributed by atoms with E-state index in [1.165, 1.54) is 12.1 Å². The van der Waals surface area contributed by atoms with Crippen LogP contribution in [0.3, 0.4) is 0 Å². The van der Waals surface area contributed by atoms with E-state index >= 15 is 0 Å². The number of halogens is 3. The van der Waals surface area contributed by atoms with Gasteiger partial charge < -0.3 is 4.74 Å². The third kappa shape index (κ3) is 3.51. The van der Waals surface area contributed by atoms with E-state index in [2.05, 4.69) is 14.9 Å². The predicted octanol–water partition coefficient (Wildman–Crippen LogP) is 2.90. The first-order chi connectivity index (χ1) is 8.03. The number of hydrogen-bond acceptors (Lipinski definition) is 2. The standard InChI is InChI=1S/C11H9F3N2O/c12-11(13,14)17-10-3-1-8(2-4-10)7-9-5-6-15-16-9/h1-6H,7H2,(H,15,16). The van der Waals surface area contributed by atoms with Gasteiger partial charge in [0, 0.05) is 18.3 Å². The number of aromatic amines is 1. The lowest BCUT2D eigenvalue weighted by molar-refractivity contribution is -0.274. The van der Waals surface area contributed by atoms with Gasteiger partial charge in [-0.15, -0.1) is 13.2 Å². The summed E-state index contributed by atoms with van der Waals surface area (Å²) in [6.07, 6.45) is -2.44. The summed E-state index contributed by atoms with van der Waals surface area (Å²) in [5.41, 5.74) is 1.78. The van der Waals surface area contributed by atoms with Crippen molar-refractivity contribution in [2.75, 3.05) is 0 Å². The third-order valence-corrected chi connectivity index (χ3v) is 2.11. The molecule has 0 unspecified atom stereocenters. The van der Waals surface area contributed by atoms with E-state index in [1.54, 1.807) is 24.4 Å². The zero-order valence-corrected chi connectivity index (χ0v) is 8.66. The Morgan fingerprint density at radius 1 is 1.12 bits per heavy atom. The monoisotopic (exact) mass is 242 g/mol. The average Bonchev–Trinajstić information content (AvgIpc) is 2.71. The highest BCUT2D eigenvalue weighted by Gasteiger charge is 2.30. The Balaban J connectivity index is 2.03. The molecule has 0 bridgehead atoms. The summed E-state index contributed by atoms with van der Waals surface area (Å²) in [7, 11) is 0. The Morgan fingerprint density at radius 2 is 1.82 bits per heavy atom. The van der Waals surface area contributed by atoms with Crippen LogP contribution < -0.4 is 4.74 Å². The molecule has 0 fully saturated rings. The van der Waals surface area contributed by atoms with Crippen molar-refractivity contribution < 1.29 is 17.9 Å². The molecule has 1 aromatic heterocycles. The van der Waals surface area contributed by atoms with Crippen molar-refractivity contribution in [2.24, 2.45) is 0 Å². The summed E-state index contributed by atoms with van der Waals surface area (Å²) in [5, 5.41) is 6.56. The number of rotatable bonds is 3. The third-order valence-electron chi connectivity index (χ3n) is 2.11. The smallest absolute Gasteiger partial charge is 0.406 e. The maximum atomic E-state index is 11.9. The molecular weight excluding hydrogens is 233 g/mol. The van der Waals surface area contributed by atoms with E-state index in [1.807, 2.05) is 0 Å². The molecule has 0 aliphatic rings. The molecule has 0 radical (unpaired) electrons. The minimum atomic E-state index is -4.65. The molecule has 90 valence electrons. The molecule has 0 spiro atoms. The highest BCUT2D eigenvalue weighted by atomic mass is 19.4. The fourth-order valence-corrected chi connectivity index (χ4v) is 1.41. The van der Waals surface area contributed by atoms with Gasteiger partial charge in [-0.3, -0.25) is 5.10 Å². The van der Waals surface area contributed by atoms with Gasteiger partial charge in [-0.05, 0) is 23.8 Å². The quantitative estimate of drug-likeness (QED) is 0.898. The summed E-state index contributed by atoms with van der Waals surface area (Å²) < 4.78 is 39.5. The van der Waals surface area contributed by atoms with Crippen molar-refractivity contribution in [3.8, 4) is 5.75 Å². The summed E-state index contributed by atoms with van der Waals surface area (Å²) in [6, 6.07) is 7.56. The van der Waals surface area contributed by atoms with Gasteiger partial charge in [0.25, 0.3) is 0 Å². The molecular formula is C11H9F3N2O. The number of aromatic nitrogens is 2. The molecule has 6 heteroatoms. The van der Waals surface area contributed by atoms with Crippen LogP contribution in [0.5, 0.6) is 5.75 Å². The Bertz CT molecular complexity index is 462. The van der Waals surface area contributed by atoms with Crippen LogP contribution in [0.25, 0.3) is 0 Å². The first-order valence-corrected chi connectivity index (χ1v) is 4.86. The molecule has 1 aromatic carbocycles. The maximum absolute atomic E-state index is 11.9. The molecule has 0 saturated heterocycles. The van der Waals surface area contributed by atoms with Crippen molar-refractivity contribution in [2.45, 2.75) is 12.8 Å². The minimum Gasteiger partial charge on any atom is -0.406 e. The maximum Gasteiger partial charge on any atom is 0.573 e. The van der Waals surface area contributed by atoms with Crippen LogP contribution in [0.2, 0.25) is 0 Å². The molecule has 0 saturated carbocycles. The van der Waals surface area contributed by atoms with Crippen molar-refractivity contribution in [1.29, 1.82) is 0 Å². The summed E-state index contributed by atoms with van der Waals surface area (Å²) in [6.45, 7) is 0. The van der Waals surface area contributed by atoms with Gasteiger partial charge in [0.1, 0.15) is 5.75 Å². The van der Waals surface area contributed by atoms with Gasteiger partial charge in [0.15, 0.2) is 0 Å². The lowest BCUT2D eigenvalue weighted by Crippen LogP contribution is -2.17. The largest absolute Gasteiger partial charge is 0.573 e. The normalized spacial score (nSPS) is 11.5. The van der Waals surface area contributed by atoms with Crippen LogP contribution in [0, 0.1) is 0 Å². The topological polar surface area (TPSA) is 37.9 Å². The van der Waals surface area contributed by atoms with Crippen LogP contribution in [0.4, 0.5) is 13.2 Å². The number of hydrogen-bond donors (Lipinski definition) is 1. The first-order valence-electron chi connectivity index (χ1n) is 4.86. The second-order valence-electron chi connectivity index (χ2n) is 3.45. The fraction of sp³-hybridized carbons (Fsp3) is 0.182. The van der Waals surface area contributed by atoms with E-state index < -0.39 is 6.36 Å². The Hall–Kier alpha value is -1.98. The molecule has 0 atom stereocenters. The van der Waals surface area contributed by atoms with Crippen molar-refractivity contribution in [1.82, 2.24) is 10.2 Å². The number of ether oxygens (including phenoxy) is 1. The van der Waals surface area contributed by atoms with Gasteiger partial charge in [-0.2, -0.15) is 5.10 Å². The van der Waals surface area contributed by atoms with Gasteiger partial charge in [-0.25, -0.2) is 0 Å². The van der Waals surface area contributed by atoms with Crippen molar-refractivity contribution in [3.05, 3.63) is 47.8 Å². The Kier molecular flexibility index (Phi) is 3.03. The molecule has 0 aliphatic heterocycles. The second kappa shape index (κ2) is 4.48. The molecule has 1 heterocycles. The van der Waals surface area contributed by atoms with E-state index in [9.17, 15) is 13.2 Å². The lowest BCUT2D eigenvalue weighted by atomic mass is 10.1. The average molecular weight is 242 g/mol. The van der Waals surface area contributed by atoms with Crippen LogP contribution in [0.15, 0.2) is 36.5 Å². The molecule has 17 heavy (non-hydrogen) atoms. The summed E-state index contributed by atoms with van der Waals surface area (Å²) in [5.74, 6) is -0.217. The fourth-order valence-electron chi connectivity index (χ4n) is 1.41. The molecule has 1 N–H and O–H groups in total. The highest BCUT2D eigenvalue weighted by molar-refractivity contribution is 5.29. The van der Waals surface area contributed by atoms with Crippen molar-refractivity contribution in [3.63, 3.8) is 0 Å². The van der Waals surface area contributed by atoms with Crippen LogP contribution in [-0.4, -0.2) is 16.6 Å². The molecule has 2 aromatic rings. The predicted molar refractivity (Wildman–Crippen MR) is 54.5 cm³/mol. The number of benzene rings is 1. The van der Waals surface area contributed by atoms with Crippen LogP contribution >= 0.6 is 0 Å². The molecule has 3 nitrogen and oxygen atoms in total. The van der Waals surface area contributed by atoms with Crippen molar-refractivity contribution >= 4 is 0 Å². The van der Waals surface area contributed by atoms with Crippen LogP contribution in [-0.2, 0) is 6.42 Å².